The molecule has 2 aromatic carbocycles. The number of fused-ring (bicyclic) bond motifs is 1. The van der Waals surface area contributed by atoms with Crippen molar-refractivity contribution in [2.24, 2.45) is 5.10 Å². The van der Waals surface area contributed by atoms with Gasteiger partial charge in [-0.25, -0.2) is 5.43 Å². The van der Waals surface area contributed by atoms with Gasteiger partial charge in [0.15, 0.2) is 0 Å². The molecule has 0 aliphatic rings. The molecule has 0 radical (unpaired) electrons. The number of nitrogens with one attached hydrogen (secondary N) is 1. The summed E-state index contributed by atoms with van der Waals surface area (Å²) >= 11 is 0. The molecule has 1 amide bonds. The Hall–Kier alpha value is -2.36. The minimum atomic E-state index is -0.0852. The Balaban J connectivity index is 1.86. The first kappa shape index (κ1) is 17.0. The maximum absolute atomic E-state index is 11.7. The highest BCUT2D eigenvalue weighted by molar-refractivity contribution is 5.97. The molecule has 23 heavy (non-hydrogen) atoms. The van der Waals surface area contributed by atoms with Gasteiger partial charge < -0.3 is 5.11 Å². The molecule has 0 unspecified atom stereocenters. The summed E-state index contributed by atoms with van der Waals surface area (Å²) in [5, 5.41) is 15.9. The number of amides is 1. The van der Waals surface area contributed by atoms with Crippen LogP contribution in [0.5, 0.6) is 5.75 Å². The zero-order chi connectivity index (χ0) is 16.5. The smallest absolute Gasteiger partial charge is 0.240 e. The minimum Gasteiger partial charge on any atom is -0.507 e. The fourth-order valence-corrected chi connectivity index (χ4v) is 2.49. The second kappa shape index (κ2) is 8.93. The molecule has 0 bridgehead atoms. The SMILES string of the molecule is CCCCCCCC(=O)NN=Cc1ccc2ccccc2c1O. The largest absolute Gasteiger partial charge is 0.507 e. The molecule has 0 saturated carbocycles. The monoisotopic (exact) mass is 312 g/mol. The predicted octanol–water partition coefficient (Wildman–Crippen LogP) is 4.36. The van der Waals surface area contributed by atoms with Crippen LogP contribution in [0, 0.1) is 0 Å². The molecule has 0 saturated heterocycles. The van der Waals surface area contributed by atoms with Gasteiger partial charge in [-0.1, -0.05) is 62.9 Å². The molecule has 0 heterocycles. The summed E-state index contributed by atoms with van der Waals surface area (Å²) in [5.41, 5.74) is 3.11. The second-order valence-corrected chi connectivity index (χ2v) is 5.68. The van der Waals surface area contributed by atoms with E-state index in [4.69, 9.17) is 0 Å². The van der Waals surface area contributed by atoms with E-state index in [0.717, 1.165) is 23.6 Å². The Labute approximate surface area is 137 Å². The number of benzene rings is 2. The highest BCUT2D eigenvalue weighted by atomic mass is 16.3. The van der Waals surface area contributed by atoms with Crippen LogP contribution >= 0.6 is 0 Å². The number of unbranched alkanes of at least 4 members (excludes halogenated alkanes) is 4. The van der Waals surface area contributed by atoms with Crippen molar-refractivity contribution in [3.05, 3.63) is 42.0 Å². The van der Waals surface area contributed by atoms with E-state index in [1.54, 1.807) is 6.07 Å². The van der Waals surface area contributed by atoms with Gasteiger partial charge in [0.25, 0.3) is 0 Å². The Bertz CT molecular complexity index is 680. The second-order valence-electron chi connectivity index (χ2n) is 5.68. The number of carbonyl (C=O) groups is 1. The fourth-order valence-electron chi connectivity index (χ4n) is 2.49. The molecule has 0 aliphatic carbocycles. The normalized spacial score (nSPS) is 11.2. The van der Waals surface area contributed by atoms with Crippen LogP contribution in [0.15, 0.2) is 41.5 Å². The number of phenols is 1. The number of hydrogen-bond donors (Lipinski definition) is 2. The summed E-state index contributed by atoms with van der Waals surface area (Å²) < 4.78 is 0. The molecular weight excluding hydrogens is 288 g/mol. The summed E-state index contributed by atoms with van der Waals surface area (Å²) in [5.74, 6) is 0.0960. The molecule has 0 spiro atoms. The van der Waals surface area contributed by atoms with Crippen molar-refractivity contribution in [1.82, 2.24) is 5.43 Å². The zero-order valence-electron chi connectivity index (χ0n) is 13.6. The summed E-state index contributed by atoms with van der Waals surface area (Å²) in [6.07, 6.45) is 7.55. The van der Waals surface area contributed by atoms with E-state index in [9.17, 15) is 9.90 Å². The van der Waals surface area contributed by atoms with Crippen molar-refractivity contribution in [3.8, 4) is 5.75 Å². The number of phenolic OH excluding ortho intramolecular Hbond substituents is 1. The van der Waals surface area contributed by atoms with Crippen LogP contribution < -0.4 is 5.43 Å². The summed E-state index contributed by atoms with van der Waals surface area (Å²) in [6, 6.07) is 11.3. The van der Waals surface area contributed by atoms with Gasteiger partial charge in [-0.3, -0.25) is 4.79 Å². The summed E-state index contributed by atoms with van der Waals surface area (Å²) in [7, 11) is 0. The Morgan fingerprint density at radius 2 is 1.91 bits per heavy atom. The van der Waals surface area contributed by atoms with Crippen LogP contribution in [0.1, 0.15) is 51.0 Å². The third-order valence-corrected chi connectivity index (χ3v) is 3.83. The first-order valence-corrected chi connectivity index (χ1v) is 8.25. The quantitative estimate of drug-likeness (QED) is 0.432. The van der Waals surface area contributed by atoms with Crippen LogP contribution in [-0.4, -0.2) is 17.2 Å². The van der Waals surface area contributed by atoms with E-state index >= 15 is 0 Å². The summed E-state index contributed by atoms with van der Waals surface area (Å²) in [6.45, 7) is 2.17. The van der Waals surface area contributed by atoms with Gasteiger partial charge in [0.05, 0.1) is 6.21 Å². The number of hydrazone groups is 1. The van der Waals surface area contributed by atoms with E-state index in [0.29, 0.717) is 12.0 Å². The van der Waals surface area contributed by atoms with Crippen molar-refractivity contribution in [2.75, 3.05) is 0 Å². The van der Waals surface area contributed by atoms with Crippen LogP contribution in [0.3, 0.4) is 0 Å². The molecule has 122 valence electrons. The number of aromatic hydroxyl groups is 1. The fraction of sp³-hybridized carbons (Fsp3) is 0.368. The number of nitrogens with zero attached hydrogens (tertiary/aromatic N) is 1. The van der Waals surface area contributed by atoms with Gasteiger partial charge >= 0.3 is 0 Å². The molecule has 2 aromatic rings. The van der Waals surface area contributed by atoms with E-state index in [2.05, 4.69) is 17.5 Å². The number of carbonyl (C=O) groups excluding carboxylic acids is 1. The Kier molecular flexibility index (Phi) is 6.60. The van der Waals surface area contributed by atoms with Crippen molar-refractivity contribution >= 4 is 22.9 Å². The topological polar surface area (TPSA) is 61.7 Å². The lowest BCUT2D eigenvalue weighted by atomic mass is 10.1. The van der Waals surface area contributed by atoms with Crippen LogP contribution in [0.4, 0.5) is 0 Å². The summed E-state index contributed by atoms with van der Waals surface area (Å²) in [4.78, 5) is 11.7. The average Bonchev–Trinajstić information content (AvgIpc) is 2.57. The van der Waals surface area contributed by atoms with Crippen molar-refractivity contribution in [1.29, 1.82) is 0 Å². The lowest BCUT2D eigenvalue weighted by Gasteiger charge is -2.04. The average molecular weight is 312 g/mol. The van der Waals surface area contributed by atoms with Gasteiger partial charge in [0.1, 0.15) is 5.75 Å². The van der Waals surface area contributed by atoms with E-state index < -0.39 is 0 Å². The van der Waals surface area contributed by atoms with Gasteiger partial charge in [-0.15, -0.1) is 0 Å². The molecule has 4 nitrogen and oxygen atoms in total. The van der Waals surface area contributed by atoms with Crippen LogP contribution in [0.2, 0.25) is 0 Å². The first-order chi connectivity index (χ1) is 11.2. The third kappa shape index (κ3) is 5.09. The van der Waals surface area contributed by atoms with Gasteiger partial charge in [0.2, 0.25) is 5.91 Å². The standard InChI is InChI=1S/C19H24N2O2/c1-2-3-4-5-6-11-18(22)21-20-14-16-13-12-15-9-7-8-10-17(15)19(16)23/h7-10,12-14,23H,2-6,11H2,1H3,(H,21,22). The van der Waals surface area contributed by atoms with Gasteiger partial charge in [0, 0.05) is 17.4 Å². The van der Waals surface area contributed by atoms with Crippen LogP contribution in [-0.2, 0) is 4.79 Å². The predicted molar refractivity (Wildman–Crippen MR) is 94.7 cm³/mol. The van der Waals surface area contributed by atoms with Crippen molar-refractivity contribution in [3.63, 3.8) is 0 Å². The van der Waals surface area contributed by atoms with E-state index in [1.165, 1.54) is 25.5 Å². The molecular formula is C19H24N2O2. The van der Waals surface area contributed by atoms with Crippen molar-refractivity contribution < 1.29 is 9.90 Å². The number of rotatable bonds is 8. The van der Waals surface area contributed by atoms with Crippen LogP contribution in [0.25, 0.3) is 10.8 Å². The molecule has 0 atom stereocenters. The Morgan fingerprint density at radius 1 is 1.13 bits per heavy atom. The lowest BCUT2D eigenvalue weighted by Crippen LogP contribution is -2.16. The highest BCUT2D eigenvalue weighted by Crippen LogP contribution is 2.27. The third-order valence-electron chi connectivity index (χ3n) is 3.83. The zero-order valence-corrected chi connectivity index (χ0v) is 13.6. The lowest BCUT2D eigenvalue weighted by molar-refractivity contribution is -0.121. The van der Waals surface area contributed by atoms with Gasteiger partial charge in [-0.05, 0) is 17.9 Å². The van der Waals surface area contributed by atoms with Crippen molar-refractivity contribution in [2.45, 2.75) is 45.4 Å². The number of hydrogen-bond acceptors (Lipinski definition) is 3. The maximum Gasteiger partial charge on any atom is 0.240 e. The molecule has 0 aromatic heterocycles. The minimum absolute atomic E-state index is 0.0852. The molecule has 2 rings (SSSR count). The van der Waals surface area contributed by atoms with E-state index in [-0.39, 0.29) is 11.7 Å². The Morgan fingerprint density at radius 3 is 2.74 bits per heavy atom. The maximum atomic E-state index is 11.7. The highest BCUT2D eigenvalue weighted by Gasteiger charge is 2.04. The first-order valence-electron chi connectivity index (χ1n) is 8.25. The molecule has 0 fully saturated rings. The van der Waals surface area contributed by atoms with E-state index in [1.807, 2.05) is 30.3 Å². The van der Waals surface area contributed by atoms with Gasteiger partial charge in [-0.2, -0.15) is 5.10 Å². The molecule has 2 N–H and O–H groups in total. The molecule has 4 heteroatoms. The molecule has 0 aliphatic heterocycles.